The Hall–Kier alpha value is -1.88. The minimum absolute atomic E-state index is 0.0599. The number of benzene rings is 1. The van der Waals surface area contributed by atoms with Crippen LogP contribution in [0.1, 0.15) is 12.7 Å². The highest BCUT2D eigenvalue weighted by molar-refractivity contribution is 7.98. The first-order valence-electron chi connectivity index (χ1n) is 6.39. The van der Waals surface area contributed by atoms with Crippen molar-refractivity contribution >= 4 is 23.4 Å². The molecule has 4 nitrogen and oxygen atoms in total. The number of amides is 1. The smallest absolute Gasteiger partial charge is 0.242 e. The fourth-order valence-electron chi connectivity index (χ4n) is 1.74. The van der Waals surface area contributed by atoms with Crippen LogP contribution in [-0.4, -0.2) is 18.2 Å². The van der Waals surface area contributed by atoms with E-state index < -0.39 is 0 Å². The number of anilines is 1. The first-order chi connectivity index (χ1) is 9.69. The number of furan rings is 1. The number of rotatable bonds is 6. The van der Waals surface area contributed by atoms with Crippen molar-refractivity contribution in [2.75, 3.05) is 11.6 Å². The van der Waals surface area contributed by atoms with Crippen molar-refractivity contribution in [3.63, 3.8) is 0 Å². The van der Waals surface area contributed by atoms with Gasteiger partial charge in [0.25, 0.3) is 0 Å². The number of hydrogen-bond acceptors (Lipinski definition) is 4. The van der Waals surface area contributed by atoms with Crippen LogP contribution in [0.2, 0.25) is 0 Å². The maximum Gasteiger partial charge on any atom is 0.242 e. The highest BCUT2D eigenvalue weighted by atomic mass is 32.2. The molecule has 0 aliphatic heterocycles. The number of thioether (sulfide) groups is 1. The van der Waals surface area contributed by atoms with Crippen LogP contribution >= 0.6 is 11.8 Å². The highest BCUT2D eigenvalue weighted by Crippen LogP contribution is 2.17. The molecule has 0 saturated heterocycles. The quantitative estimate of drug-likeness (QED) is 0.803. The zero-order chi connectivity index (χ0) is 14.4. The third-order valence-corrected chi connectivity index (χ3v) is 3.63. The molecule has 2 rings (SSSR count). The summed E-state index contributed by atoms with van der Waals surface area (Å²) in [5.74, 6) is 0.685. The van der Waals surface area contributed by atoms with Crippen LogP contribution in [-0.2, 0) is 11.3 Å². The van der Waals surface area contributed by atoms with Crippen molar-refractivity contribution in [3.8, 4) is 0 Å². The van der Waals surface area contributed by atoms with Gasteiger partial charge in [0.05, 0.1) is 12.8 Å². The van der Waals surface area contributed by atoms with E-state index in [9.17, 15) is 4.79 Å². The second-order valence-electron chi connectivity index (χ2n) is 4.39. The van der Waals surface area contributed by atoms with Gasteiger partial charge in [-0.1, -0.05) is 0 Å². The molecule has 0 fully saturated rings. The van der Waals surface area contributed by atoms with Gasteiger partial charge in [-0.2, -0.15) is 0 Å². The van der Waals surface area contributed by atoms with Crippen LogP contribution in [0.4, 0.5) is 5.69 Å². The summed E-state index contributed by atoms with van der Waals surface area (Å²) in [6.07, 6.45) is 3.63. The molecule has 2 aromatic rings. The molecule has 5 heteroatoms. The fourth-order valence-corrected chi connectivity index (χ4v) is 2.15. The van der Waals surface area contributed by atoms with Crippen molar-refractivity contribution in [2.45, 2.75) is 24.4 Å². The second kappa shape index (κ2) is 7.05. The van der Waals surface area contributed by atoms with E-state index in [-0.39, 0.29) is 11.9 Å². The Morgan fingerprint density at radius 1 is 1.30 bits per heavy atom. The van der Waals surface area contributed by atoms with Crippen molar-refractivity contribution in [1.29, 1.82) is 0 Å². The number of nitrogens with one attached hydrogen (secondary N) is 2. The summed E-state index contributed by atoms with van der Waals surface area (Å²) in [5.41, 5.74) is 0.934. The minimum atomic E-state index is -0.301. The van der Waals surface area contributed by atoms with Crippen molar-refractivity contribution < 1.29 is 9.21 Å². The molecule has 1 amide bonds. The SMILES string of the molecule is CSc1ccc(NC(C)C(=O)NCc2ccco2)cc1. The van der Waals surface area contributed by atoms with E-state index in [1.165, 1.54) is 4.90 Å². The maximum absolute atomic E-state index is 11.9. The Kier molecular flexibility index (Phi) is 5.12. The van der Waals surface area contributed by atoms with Gasteiger partial charge >= 0.3 is 0 Å². The zero-order valence-corrected chi connectivity index (χ0v) is 12.4. The molecule has 0 spiro atoms. The molecule has 0 radical (unpaired) electrons. The molecule has 1 atom stereocenters. The predicted molar refractivity (Wildman–Crippen MR) is 81.9 cm³/mol. The van der Waals surface area contributed by atoms with Gasteiger partial charge in [-0.05, 0) is 49.6 Å². The van der Waals surface area contributed by atoms with Crippen LogP contribution in [0, 0.1) is 0 Å². The Morgan fingerprint density at radius 2 is 2.05 bits per heavy atom. The average Bonchev–Trinajstić information content (AvgIpc) is 2.98. The summed E-state index contributed by atoms with van der Waals surface area (Å²) >= 11 is 1.69. The van der Waals surface area contributed by atoms with Crippen molar-refractivity contribution in [3.05, 3.63) is 48.4 Å². The summed E-state index contributed by atoms with van der Waals surface area (Å²) in [6, 6.07) is 11.3. The van der Waals surface area contributed by atoms with E-state index in [1.54, 1.807) is 24.1 Å². The summed E-state index contributed by atoms with van der Waals surface area (Å²) in [7, 11) is 0. The predicted octanol–water partition coefficient (Wildman–Crippen LogP) is 3.12. The first-order valence-corrected chi connectivity index (χ1v) is 7.62. The van der Waals surface area contributed by atoms with Gasteiger partial charge in [0.1, 0.15) is 11.8 Å². The molecular formula is C15H18N2O2S. The van der Waals surface area contributed by atoms with Crippen LogP contribution in [0.15, 0.2) is 52.0 Å². The Bertz CT molecular complexity index is 538. The highest BCUT2D eigenvalue weighted by Gasteiger charge is 2.12. The fraction of sp³-hybridized carbons (Fsp3) is 0.267. The molecule has 20 heavy (non-hydrogen) atoms. The largest absolute Gasteiger partial charge is 0.467 e. The third-order valence-electron chi connectivity index (χ3n) is 2.88. The molecule has 0 aliphatic carbocycles. The minimum Gasteiger partial charge on any atom is -0.467 e. The molecule has 2 N–H and O–H groups in total. The average molecular weight is 290 g/mol. The lowest BCUT2D eigenvalue weighted by molar-refractivity contribution is -0.121. The molecule has 1 aromatic heterocycles. The molecule has 0 aliphatic rings. The molecule has 0 bridgehead atoms. The normalized spacial score (nSPS) is 11.9. The van der Waals surface area contributed by atoms with E-state index >= 15 is 0 Å². The van der Waals surface area contributed by atoms with Crippen LogP contribution in [0.5, 0.6) is 0 Å². The van der Waals surface area contributed by atoms with Crippen LogP contribution in [0.3, 0.4) is 0 Å². The van der Waals surface area contributed by atoms with Gasteiger partial charge in [-0.25, -0.2) is 0 Å². The third kappa shape index (κ3) is 4.06. The zero-order valence-electron chi connectivity index (χ0n) is 11.6. The van der Waals surface area contributed by atoms with Gasteiger partial charge < -0.3 is 15.1 Å². The molecule has 106 valence electrons. The van der Waals surface area contributed by atoms with E-state index in [4.69, 9.17) is 4.42 Å². The lowest BCUT2D eigenvalue weighted by Crippen LogP contribution is -2.37. The van der Waals surface area contributed by atoms with E-state index in [0.717, 1.165) is 11.4 Å². The topological polar surface area (TPSA) is 54.3 Å². The van der Waals surface area contributed by atoms with Gasteiger partial charge in [-0.3, -0.25) is 4.79 Å². The van der Waals surface area contributed by atoms with Crippen molar-refractivity contribution in [1.82, 2.24) is 5.32 Å². The van der Waals surface area contributed by atoms with E-state index in [0.29, 0.717) is 6.54 Å². The van der Waals surface area contributed by atoms with E-state index in [1.807, 2.05) is 43.5 Å². The van der Waals surface area contributed by atoms with Crippen LogP contribution in [0.25, 0.3) is 0 Å². The lowest BCUT2D eigenvalue weighted by Gasteiger charge is -2.15. The first kappa shape index (κ1) is 14.5. The Balaban J connectivity index is 1.83. The molecule has 0 saturated carbocycles. The van der Waals surface area contributed by atoms with Crippen molar-refractivity contribution in [2.24, 2.45) is 0 Å². The monoisotopic (exact) mass is 290 g/mol. The molecule has 1 heterocycles. The Labute approximate surface area is 122 Å². The number of carbonyl (C=O) groups is 1. The van der Waals surface area contributed by atoms with Gasteiger partial charge in [-0.15, -0.1) is 11.8 Å². The standard InChI is InChI=1S/C15H18N2O2S/c1-11(15(18)16-10-13-4-3-9-19-13)17-12-5-7-14(20-2)8-6-12/h3-9,11,17H,10H2,1-2H3,(H,16,18). The second-order valence-corrected chi connectivity index (χ2v) is 5.27. The lowest BCUT2D eigenvalue weighted by atomic mass is 10.2. The molecule has 1 unspecified atom stereocenters. The summed E-state index contributed by atoms with van der Waals surface area (Å²) in [4.78, 5) is 13.1. The van der Waals surface area contributed by atoms with Gasteiger partial charge in [0, 0.05) is 10.6 Å². The maximum atomic E-state index is 11.9. The summed E-state index contributed by atoms with van der Waals surface area (Å²) < 4.78 is 5.17. The molecular weight excluding hydrogens is 272 g/mol. The number of hydrogen-bond donors (Lipinski definition) is 2. The van der Waals surface area contributed by atoms with Gasteiger partial charge in [0.15, 0.2) is 0 Å². The van der Waals surface area contributed by atoms with Gasteiger partial charge in [0.2, 0.25) is 5.91 Å². The van der Waals surface area contributed by atoms with Crippen LogP contribution < -0.4 is 10.6 Å². The summed E-state index contributed by atoms with van der Waals surface area (Å²) in [6.45, 7) is 2.24. The summed E-state index contributed by atoms with van der Waals surface area (Å²) in [5, 5.41) is 6.00. The van der Waals surface area contributed by atoms with E-state index in [2.05, 4.69) is 10.6 Å². The number of carbonyl (C=O) groups excluding carboxylic acids is 1. The Morgan fingerprint density at radius 3 is 2.65 bits per heavy atom. The molecule has 1 aromatic carbocycles.